The smallest absolute Gasteiger partial charge is 0.274 e. The van der Waals surface area contributed by atoms with Crippen molar-refractivity contribution >= 4 is 17.4 Å². The van der Waals surface area contributed by atoms with Crippen LogP contribution < -0.4 is 5.32 Å². The number of likely N-dealkylation sites (tertiary alicyclic amines) is 1. The highest BCUT2D eigenvalue weighted by Gasteiger charge is 2.23. The maximum absolute atomic E-state index is 12.6. The number of nitrogens with zero attached hydrogens (tertiary/aromatic N) is 3. The van der Waals surface area contributed by atoms with Crippen LogP contribution in [0.4, 0.5) is 11.5 Å². The first-order valence-corrected chi connectivity index (χ1v) is 9.34. The monoisotopic (exact) mass is 352 g/mol. The molecule has 26 heavy (non-hydrogen) atoms. The maximum atomic E-state index is 12.6. The van der Waals surface area contributed by atoms with Gasteiger partial charge in [-0.05, 0) is 47.9 Å². The Morgan fingerprint density at radius 3 is 2.58 bits per heavy atom. The van der Waals surface area contributed by atoms with Gasteiger partial charge >= 0.3 is 0 Å². The van der Waals surface area contributed by atoms with Gasteiger partial charge in [-0.2, -0.15) is 0 Å². The van der Waals surface area contributed by atoms with Gasteiger partial charge in [0.05, 0.1) is 0 Å². The van der Waals surface area contributed by atoms with E-state index in [0.717, 1.165) is 25.2 Å². The third-order valence-corrected chi connectivity index (χ3v) is 4.83. The molecule has 5 nitrogen and oxygen atoms in total. The van der Waals surface area contributed by atoms with Crippen LogP contribution in [-0.2, 0) is 5.41 Å². The second-order valence-electron chi connectivity index (χ2n) is 8.22. The Bertz CT molecular complexity index is 764. The lowest BCUT2D eigenvalue weighted by Crippen LogP contribution is -2.39. The summed E-state index contributed by atoms with van der Waals surface area (Å²) in [5.74, 6) is 1.17. The van der Waals surface area contributed by atoms with Crippen LogP contribution in [-0.4, -0.2) is 34.1 Å². The van der Waals surface area contributed by atoms with E-state index < -0.39 is 0 Å². The number of aromatic nitrogens is 2. The van der Waals surface area contributed by atoms with E-state index in [2.05, 4.69) is 49.3 Å². The standard InChI is InChI=1S/C21H28N4O/c1-15-8-7-13-25(14-15)20(26)18-11-12-19(24-23-18)22-17-10-6-5-9-16(17)21(2,3)4/h5-6,9-12,15H,7-8,13-14H2,1-4H3,(H,22,24). The van der Waals surface area contributed by atoms with Gasteiger partial charge in [-0.3, -0.25) is 4.79 Å². The summed E-state index contributed by atoms with van der Waals surface area (Å²) in [7, 11) is 0. The fraction of sp³-hybridized carbons (Fsp3) is 0.476. The van der Waals surface area contributed by atoms with Crippen LogP contribution in [0.5, 0.6) is 0 Å². The third-order valence-electron chi connectivity index (χ3n) is 4.83. The summed E-state index contributed by atoms with van der Waals surface area (Å²) in [6.07, 6.45) is 2.25. The van der Waals surface area contributed by atoms with E-state index in [4.69, 9.17) is 0 Å². The SMILES string of the molecule is CC1CCCN(C(=O)c2ccc(Nc3ccccc3C(C)(C)C)nn2)C1. The summed E-state index contributed by atoms with van der Waals surface area (Å²) in [5.41, 5.74) is 2.66. The van der Waals surface area contributed by atoms with Gasteiger partial charge < -0.3 is 10.2 Å². The zero-order valence-corrected chi connectivity index (χ0v) is 16.1. The lowest BCUT2D eigenvalue weighted by Gasteiger charge is -2.30. The van der Waals surface area contributed by atoms with Crippen molar-refractivity contribution in [2.75, 3.05) is 18.4 Å². The van der Waals surface area contributed by atoms with E-state index in [-0.39, 0.29) is 11.3 Å². The van der Waals surface area contributed by atoms with Gasteiger partial charge in [0.15, 0.2) is 11.5 Å². The van der Waals surface area contributed by atoms with E-state index in [9.17, 15) is 4.79 Å². The Morgan fingerprint density at radius 1 is 1.15 bits per heavy atom. The molecule has 1 aromatic heterocycles. The molecule has 138 valence electrons. The van der Waals surface area contributed by atoms with Crippen molar-refractivity contribution in [3.05, 3.63) is 47.7 Å². The van der Waals surface area contributed by atoms with Gasteiger partial charge in [-0.1, -0.05) is 45.9 Å². The fourth-order valence-electron chi connectivity index (χ4n) is 3.43. The van der Waals surface area contributed by atoms with E-state index in [1.807, 2.05) is 29.2 Å². The molecule has 1 atom stereocenters. The summed E-state index contributed by atoms with van der Waals surface area (Å²) in [6.45, 7) is 10.3. The number of anilines is 2. The summed E-state index contributed by atoms with van der Waals surface area (Å²) in [4.78, 5) is 14.5. The van der Waals surface area contributed by atoms with Crippen LogP contribution in [0.1, 0.15) is 56.6 Å². The zero-order chi connectivity index (χ0) is 18.7. The molecule has 1 aromatic carbocycles. The lowest BCUT2D eigenvalue weighted by atomic mass is 9.86. The number of carbonyl (C=O) groups is 1. The van der Waals surface area contributed by atoms with E-state index in [1.165, 1.54) is 12.0 Å². The molecule has 0 aliphatic carbocycles. The van der Waals surface area contributed by atoms with Gasteiger partial charge in [-0.25, -0.2) is 0 Å². The second kappa shape index (κ2) is 7.44. The van der Waals surface area contributed by atoms with Gasteiger partial charge in [-0.15, -0.1) is 10.2 Å². The molecule has 1 fully saturated rings. The van der Waals surface area contributed by atoms with E-state index in [1.54, 1.807) is 6.07 Å². The normalized spacial score (nSPS) is 17.8. The number of hydrogen-bond donors (Lipinski definition) is 1. The molecule has 2 heterocycles. The number of nitrogens with one attached hydrogen (secondary N) is 1. The van der Waals surface area contributed by atoms with E-state index >= 15 is 0 Å². The second-order valence-corrected chi connectivity index (χ2v) is 8.22. The molecule has 1 saturated heterocycles. The summed E-state index contributed by atoms with van der Waals surface area (Å²) >= 11 is 0. The number of piperidine rings is 1. The first-order chi connectivity index (χ1) is 12.3. The predicted molar refractivity (Wildman–Crippen MR) is 105 cm³/mol. The van der Waals surface area contributed by atoms with Gasteiger partial charge in [0.25, 0.3) is 5.91 Å². The molecule has 5 heteroatoms. The summed E-state index contributed by atoms with van der Waals surface area (Å²) in [5, 5.41) is 11.7. The first-order valence-electron chi connectivity index (χ1n) is 9.34. The molecule has 2 aromatic rings. The largest absolute Gasteiger partial charge is 0.338 e. The topological polar surface area (TPSA) is 58.1 Å². The molecule has 1 aliphatic rings. The fourth-order valence-corrected chi connectivity index (χ4v) is 3.43. The van der Waals surface area contributed by atoms with Gasteiger partial charge in [0.1, 0.15) is 0 Å². The number of carbonyl (C=O) groups excluding carboxylic acids is 1. The number of amides is 1. The number of hydrogen-bond acceptors (Lipinski definition) is 4. The first kappa shape index (κ1) is 18.4. The van der Waals surface area contributed by atoms with Crippen molar-refractivity contribution in [3.63, 3.8) is 0 Å². The lowest BCUT2D eigenvalue weighted by molar-refractivity contribution is 0.0676. The Kier molecular flexibility index (Phi) is 5.25. The molecule has 0 saturated carbocycles. The summed E-state index contributed by atoms with van der Waals surface area (Å²) in [6, 6.07) is 11.8. The molecule has 0 radical (unpaired) electrons. The van der Waals surface area contributed by atoms with Crippen molar-refractivity contribution in [3.8, 4) is 0 Å². The van der Waals surface area contributed by atoms with Crippen LogP contribution in [0.3, 0.4) is 0 Å². The average molecular weight is 352 g/mol. The van der Waals surface area contributed by atoms with Crippen LogP contribution in [0.2, 0.25) is 0 Å². The zero-order valence-electron chi connectivity index (χ0n) is 16.1. The molecule has 1 aliphatic heterocycles. The van der Waals surface area contributed by atoms with E-state index in [0.29, 0.717) is 17.4 Å². The highest BCUT2D eigenvalue weighted by molar-refractivity contribution is 5.92. The molecule has 0 spiro atoms. The summed E-state index contributed by atoms with van der Waals surface area (Å²) < 4.78 is 0. The highest BCUT2D eigenvalue weighted by atomic mass is 16.2. The van der Waals surface area contributed by atoms with Crippen molar-refractivity contribution < 1.29 is 4.79 Å². The minimum Gasteiger partial charge on any atom is -0.338 e. The number of rotatable bonds is 3. The Morgan fingerprint density at radius 2 is 1.92 bits per heavy atom. The number of benzene rings is 1. The molecule has 1 N–H and O–H groups in total. The van der Waals surface area contributed by atoms with Crippen LogP contribution >= 0.6 is 0 Å². The van der Waals surface area contributed by atoms with Gasteiger partial charge in [0, 0.05) is 18.8 Å². The van der Waals surface area contributed by atoms with Crippen LogP contribution in [0.25, 0.3) is 0 Å². The predicted octanol–water partition coefficient (Wildman–Crippen LogP) is 4.39. The molecular weight excluding hydrogens is 324 g/mol. The van der Waals surface area contributed by atoms with Crippen molar-refractivity contribution in [2.24, 2.45) is 5.92 Å². The maximum Gasteiger partial charge on any atom is 0.274 e. The molecule has 0 bridgehead atoms. The Balaban J connectivity index is 1.74. The third kappa shape index (κ3) is 4.21. The average Bonchev–Trinajstić information content (AvgIpc) is 2.61. The van der Waals surface area contributed by atoms with Gasteiger partial charge in [0.2, 0.25) is 0 Å². The van der Waals surface area contributed by atoms with Crippen LogP contribution in [0, 0.1) is 5.92 Å². The van der Waals surface area contributed by atoms with Crippen molar-refractivity contribution in [1.82, 2.24) is 15.1 Å². The Hall–Kier alpha value is -2.43. The minimum atomic E-state index is -0.0225. The molecule has 1 unspecified atom stereocenters. The minimum absolute atomic E-state index is 0.0225. The molecule has 1 amide bonds. The van der Waals surface area contributed by atoms with Crippen molar-refractivity contribution in [1.29, 1.82) is 0 Å². The van der Waals surface area contributed by atoms with Crippen LogP contribution in [0.15, 0.2) is 36.4 Å². The quantitative estimate of drug-likeness (QED) is 0.890. The molecule has 3 rings (SSSR count). The number of para-hydroxylation sites is 1. The molecular formula is C21H28N4O. The Labute approximate surface area is 155 Å². The van der Waals surface area contributed by atoms with Crippen molar-refractivity contribution in [2.45, 2.75) is 46.0 Å². The highest BCUT2D eigenvalue weighted by Crippen LogP contribution is 2.30.